The zero-order chi connectivity index (χ0) is 28.4. The maximum atomic E-state index is 13.6. The van der Waals surface area contributed by atoms with Crippen LogP contribution in [0.5, 0.6) is 5.75 Å². The standard InChI is InChI=1S/C29H37F3N2O4/c1-17(2)14-22(35)34-25(18-10-8-7-9-11-18)24(23(28(3,4)5)26(34)27(36)37)33-16-19-12-13-20(29(30,31)32)15-21(19)38-6/h7-13,15,17,23-26,33H,14,16H2,1-6H3,(H,36,37)/t23-,24-,25-,26-/m0/s1. The molecule has 1 fully saturated rings. The van der Waals surface area contributed by atoms with Crippen LogP contribution in [0.3, 0.4) is 0 Å². The number of likely N-dealkylation sites (tertiary alicyclic amines) is 1. The Balaban J connectivity index is 2.10. The first-order valence-corrected chi connectivity index (χ1v) is 12.7. The van der Waals surface area contributed by atoms with Gasteiger partial charge in [-0.3, -0.25) is 4.79 Å². The summed E-state index contributed by atoms with van der Waals surface area (Å²) in [5.41, 5.74) is -0.0476. The number of carboxylic acids is 1. The minimum absolute atomic E-state index is 0.0323. The van der Waals surface area contributed by atoms with Crippen LogP contribution >= 0.6 is 0 Å². The summed E-state index contributed by atoms with van der Waals surface area (Å²) >= 11 is 0. The lowest BCUT2D eigenvalue weighted by molar-refractivity contribution is -0.152. The van der Waals surface area contributed by atoms with E-state index >= 15 is 0 Å². The van der Waals surface area contributed by atoms with Crippen molar-refractivity contribution in [3.8, 4) is 5.75 Å². The van der Waals surface area contributed by atoms with Crippen molar-refractivity contribution in [3.63, 3.8) is 0 Å². The van der Waals surface area contributed by atoms with E-state index < -0.39 is 47.2 Å². The molecule has 1 aliphatic rings. The molecule has 9 heteroatoms. The highest BCUT2D eigenvalue weighted by Crippen LogP contribution is 2.48. The lowest BCUT2D eigenvalue weighted by Gasteiger charge is -2.35. The Morgan fingerprint density at radius 3 is 2.21 bits per heavy atom. The fraction of sp³-hybridized carbons (Fsp3) is 0.517. The summed E-state index contributed by atoms with van der Waals surface area (Å²) in [4.78, 5) is 27.8. The second kappa shape index (κ2) is 11.4. The van der Waals surface area contributed by atoms with Crippen molar-refractivity contribution in [2.45, 2.75) is 71.9 Å². The number of aliphatic carboxylic acids is 1. The molecule has 2 aromatic rings. The van der Waals surface area contributed by atoms with Crippen LogP contribution in [0.4, 0.5) is 13.2 Å². The van der Waals surface area contributed by atoms with Crippen molar-refractivity contribution in [3.05, 3.63) is 65.2 Å². The maximum Gasteiger partial charge on any atom is 0.416 e. The molecule has 1 saturated heterocycles. The summed E-state index contributed by atoms with van der Waals surface area (Å²) < 4.78 is 45.0. The molecule has 38 heavy (non-hydrogen) atoms. The number of nitrogens with one attached hydrogen (secondary N) is 1. The van der Waals surface area contributed by atoms with Crippen molar-refractivity contribution in [2.24, 2.45) is 17.3 Å². The highest BCUT2D eigenvalue weighted by molar-refractivity contribution is 5.85. The topological polar surface area (TPSA) is 78.9 Å². The number of halogens is 3. The van der Waals surface area contributed by atoms with Gasteiger partial charge in [0.05, 0.1) is 18.7 Å². The average molecular weight is 535 g/mol. The molecule has 0 aromatic heterocycles. The van der Waals surface area contributed by atoms with Crippen molar-refractivity contribution >= 4 is 11.9 Å². The molecule has 4 atom stereocenters. The highest BCUT2D eigenvalue weighted by Gasteiger charge is 2.57. The molecule has 0 saturated carbocycles. The Morgan fingerprint density at radius 1 is 1.08 bits per heavy atom. The molecule has 0 unspecified atom stereocenters. The predicted molar refractivity (Wildman–Crippen MR) is 138 cm³/mol. The van der Waals surface area contributed by atoms with Gasteiger partial charge in [0, 0.05) is 30.5 Å². The predicted octanol–water partition coefficient (Wildman–Crippen LogP) is 5.92. The van der Waals surface area contributed by atoms with Crippen LogP contribution in [0, 0.1) is 17.3 Å². The summed E-state index contributed by atoms with van der Waals surface area (Å²) in [5, 5.41) is 13.8. The quantitative estimate of drug-likeness (QED) is 0.440. The van der Waals surface area contributed by atoms with Crippen LogP contribution in [0.25, 0.3) is 0 Å². The summed E-state index contributed by atoms with van der Waals surface area (Å²) in [6, 6.07) is 10.4. The Labute approximate surface area is 222 Å². The second-order valence-electron chi connectivity index (χ2n) is 11.4. The summed E-state index contributed by atoms with van der Waals surface area (Å²) in [7, 11) is 1.31. The van der Waals surface area contributed by atoms with E-state index in [0.29, 0.717) is 5.56 Å². The minimum atomic E-state index is -4.51. The first-order chi connectivity index (χ1) is 17.7. The molecular weight excluding hydrogens is 497 g/mol. The van der Waals surface area contributed by atoms with E-state index in [1.807, 2.05) is 65.0 Å². The number of carbonyl (C=O) groups excluding carboxylic acids is 1. The third-order valence-corrected chi connectivity index (χ3v) is 7.07. The number of hydrogen-bond acceptors (Lipinski definition) is 4. The van der Waals surface area contributed by atoms with E-state index in [2.05, 4.69) is 5.32 Å². The van der Waals surface area contributed by atoms with Gasteiger partial charge in [-0.2, -0.15) is 13.2 Å². The van der Waals surface area contributed by atoms with Gasteiger partial charge in [0.1, 0.15) is 11.8 Å². The van der Waals surface area contributed by atoms with Gasteiger partial charge in [-0.25, -0.2) is 4.79 Å². The van der Waals surface area contributed by atoms with Crippen molar-refractivity contribution in [1.82, 2.24) is 10.2 Å². The number of carbonyl (C=O) groups is 2. The molecule has 3 rings (SSSR count). The molecule has 1 amide bonds. The Morgan fingerprint density at radius 2 is 1.71 bits per heavy atom. The molecule has 0 spiro atoms. The number of benzene rings is 2. The van der Waals surface area contributed by atoms with E-state index in [-0.39, 0.29) is 30.5 Å². The smallest absolute Gasteiger partial charge is 0.416 e. The van der Waals surface area contributed by atoms with Gasteiger partial charge in [-0.1, -0.05) is 71.0 Å². The van der Waals surface area contributed by atoms with Gasteiger partial charge in [-0.05, 0) is 29.0 Å². The van der Waals surface area contributed by atoms with E-state index in [1.165, 1.54) is 18.1 Å². The first kappa shape index (κ1) is 29.5. The van der Waals surface area contributed by atoms with Crippen molar-refractivity contribution in [2.75, 3.05) is 7.11 Å². The summed E-state index contributed by atoms with van der Waals surface area (Å²) in [5.74, 6) is -1.71. The van der Waals surface area contributed by atoms with Crippen LogP contribution in [-0.4, -0.2) is 41.1 Å². The number of alkyl halides is 3. The first-order valence-electron chi connectivity index (χ1n) is 12.7. The number of carboxylic acid groups (broad SMARTS) is 1. The van der Waals surface area contributed by atoms with E-state index in [9.17, 15) is 27.9 Å². The third-order valence-electron chi connectivity index (χ3n) is 7.07. The third kappa shape index (κ3) is 6.31. The molecule has 0 radical (unpaired) electrons. The fourth-order valence-corrected chi connectivity index (χ4v) is 5.51. The van der Waals surface area contributed by atoms with Gasteiger partial charge in [-0.15, -0.1) is 0 Å². The molecule has 0 aliphatic carbocycles. The summed E-state index contributed by atoms with van der Waals surface area (Å²) in [6.07, 6.45) is -4.31. The van der Waals surface area contributed by atoms with Crippen LogP contribution in [0.15, 0.2) is 48.5 Å². The normalized spacial score (nSPS) is 22.1. The van der Waals surface area contributed by atoms with Crippen LogP contribution in [0.2, 0.25) is 0 Å². The Kier molecular flexibility index (Phi) is 8.81. The highest BCUT2D eigenvalue weighted by atomic mass is 19.4. The molecule has 0 bridgehead atoms. The number of rotatable bonds is 8. The molecule has 6 nitrogen and oxygen atoms in total. The van der Waals surface area contributed by atoms with Gasteiger partial charge >= 0.3 is 12.1 Å². The lowest BCUT2D eigenvalue weighted by atomic mass is 9.72. The fourth-order valence-electron chi connectivity index (χ4n) is 5.51. The minimum Gasteiger partial charge on any atom is -0.496 e. The second-order valence-corrected chi connectivity index (χ2v) is 11.4. The maximum absolute atomic E-state index is 13.6. The van der Waals surface area contributed by atoms with Gasteiger partial charge in [0.25, 0.3) is 0 Å². The lowest BCUT2D eigenvalue weighted by Crippen LogP contribution is -2.48. The summed E-state index contributed by atoms with van der Waals surface area (Å²) in [6.45, 7) is 9.78. The van der Waals surface area contributed by atoms with Crippen molar-refractivity contribution in [1.29, 1.82) is 0 Å². The van der Waals surface area contributed by atoms with Crippen LogP contribution < -0.4 is 10.1 Å². The van der Waals surface area contributed by atoms with E-state index in [4.69, 9.17) is 4.74 Å². The number of amides is 1. The zero-order valence-corrected chi connectivity index (χ0v) is 22.7. The number of methoxy groups -OCH3 is 1. The molecule has 2 N–H and O–H groups in total. The zero-order valence-electron chi connectivity index (χ0n) is 22.7. The molecular formula is C29H37F3N2O4. The van der Waals surface area contributed by atoms with Crippen LogP contribution in [-0.2, 0) is 22.3 Å². The number of nitrogens with zero attached hydrogens (tertiary/aromatic N) is 1. The molecule has 2 aromatic carbocycles. The SMILES string of the molecule is COc1cc(C(F)(F)F)ccc1CN[C@H]1[C@H](C(C)(C)C)[C@@H](C(=O)O)N(C(=O)CC(C)C)[C@H]1c1ccccc1. The monoisotopic (exact) mass is 534 g/mol. The Hall–Kier alpha value is -3.07. The molecule has 208 valence electrons. The number of ether oxygens (including phenoxy) is 1. The van der Waals surface area contributed by atoms with Crippen molar-refractivity contribution < 1.29 is 32.6 Å². The molecule has 1 heterocycles. The van der Waals surface area contributed by atoms with Gasteiger partial charge in [0.2, 0.25) is 5.91 Å². The van der Waals surface area contributed by atoms with E-state index in [1.54, 1.807) is 0 Å². The molecule has 1 aliphatic heterocycles. The number of hydrogen-bond donors (Lipinski definition) is 2. The largest absolute Gasteiger partial charge is 0.496 e. The average Bonchev–Trinajstić information content (AvgIpc) is 3.18. The van der Waals surface area contributed by atoms with Gasteiger partial charge in [0.15, 0.2) is 0 Å². The van der Waals surface area contributed by atoms with Gasteiger partial charge < -0.3 is 20.1 Å². The van der Waals surface area contributed by atoms with E-state index in [0.717, 1.165) is 17.7 Å². The Bertz CT molecular complexity index is 1130. The van der Waals surface area contributed by atoms with Crippen LogP contribution in [0.1, 0.15) is 63.8 Å².